The molecule has 19 heavy (non-hydrogen) atoms. The van der Waals surface area contributed by atoms with Crippen molar-refractivity contribution in [2.24, 2.45) is 0 Å². The minimum atomic E-state index is 0.0314. The number of fused-ring (bicyclic) bond motifs is 1. The molecule has 0 N–H and O–H groups in total. The van der Waals surface area contributed by atoms with E-state index < -0.39 is 0 Å². The van der Waals surface area contributed by atoms with Gasteiger partial charge in [-0.1, -0.05) is 23.7 Å². The third-order valence-corrected chi connectivity index (χ3v) is 3.65. The first-order valence-electron chi connectivity index (χ1n) is 6.15. The summed E-state index contributed by atoms with van der Waals surface area (Å²) in [6.07, 6.45) is 0. The molecule has 1 heterocycles. The van der Waals surface area contributed by atoms with Gasteiger partial charge >= 0.3 is 0 Å². The van der Waals surface area contributed by atoms with Crippen molar-refractivity contribution in [2.45, 2.75) is 20.1 Å². The lowest BCUT2D eigenvalue weighted by molar-refractivity contribution is 0.103. The fourth-order valence-electron chi connectivity index (χ4n) is 2.35. The second-order valence-corrected chi connectivity index (χ2v) is 5.20. The average molecular weight is 273 g/mol. The molecule has 1 aliphatic heterocycles. The molecule has 3 heteroatoms. The molecule has 0 fully saturated rings. The molecule has 2 aromatic rings. The van der Waals surface area contributed by atoms with Gasteiger partial charge in [-0.15, -0.1) is 0 Å². The number of rotatable bonds is 2. The Kier molecular flexibility index (Phi) is 3.13. The van der Waals surface area contributed by atoms with Crippen LogP contribution in [0.25, 0.3) is 0 Å². The van der Waals surface area contributed by atoms with Crippen LogP contribution in [-0.2, 0) is 18.0 Å². The van der Waals surface area contributed by atoms with Gasteiger partial charge in [0, 0.05) is 16.1 Å². The molecule has 0 bridgehead atoms. The summed E-state index contributed by atoms with van der Waals surface area (Å²) < 4.78 is 5.37. The second-order valence-electron chi connectivity index (χ2n) is 4.76. The number of hydrogen-bond acceptors (Lipinski definition) is 2. The molecule has 3 rings (SSSR count). The standard InChI is InChI=1S/C16H13ClO2/c1-10-6-14(17)4-5-15(10)16(18)11-2-3-12-8-19-9-13(12)7-11/h2-7H,8-9H2,1H3. The van der Waals surface area contributed by atoms with Crippen LogP contribution in [0.4, 0.5) is 0 Å². The van der Waals surface area contributed by atoms with Gasteiger partial charge in [-0.2, -0.15) is 0 Å². The predicted octanol–water partition coefficient (Wildman–Crippen LogP) is 3.91. The van der Waals surface area contributed by atoms with Crippen LogP contribution < -0.4 is 0 Å². The number of benzene rings is 2. The lowest BCUT2D eigenvalue weighted by atomic mass is 9.97. The van der Waals surface area contributed by atoms with Crippen LogP contribution in [0.5, 0.6) is 0 Å². The fourth-order valence-corrected chi connectivity index (χ4v) is 2.58. The molecule has 0 aromatic heterocycles. The Morgan fingerprint density at radius 2 is 1.89 bits per heavy atom. The largest absolute Gasteiger partial charge is 0.372 e. The van der Waals surface area contributed by atoms with Crippen molar-refractivity contribution >= 4 is 17.4 Å². The fraction of sp³-hybridized carbons (Fsp3) is 0.188. The summed E-state index contributed by atoms with van der Waals surface area (Å²) in [4.78, 5) is 12.5. The Bertz CT molecular complexity index is 662. The Morgan fingerprint density at radius 3 is 2.68 bits per heavy atom. The third kappa shape index (κ3) is 2.29. The maximum atomic E-state index is 12.5. The molecule has 0 radical (unpaired) electrons. The molecule has 1 aliphatic rings. The van der Waals surface area contributed by atoms with Crippen molar-refractivity contribution in [3.8, 4) is 0 Å². The number of ketones is 1. The number of halogens is 1. The summed E-state index contributed by atoms with van der Waals surface area (Å²) in [7, 11) is 0. The molecule has 2 aromatic carbocycles. The van der Waals surface area contributed by atoms with E-state index in [2.05, 4.69) is 0 Å². The van der Waals surface area contributed by atoms with Gasteiger partial charge in [0.1, 0.15) is 0 Å². The van der Waals surface area contributed by atoms with Crippen molar-refractivity contribution < 1.29 is 9.53 Å². The highest BCUT2D eigenvalue weighted by molar-refractivity contribution is 6.30. The maximum absolute atomic E-state index is 12.5. The molecule has 0 amide bonds. The van der Waals surface area contributed by atoms with Crippen LogP contribution in [-0.4, -0.2) is 5.78 Å². The van der Waals surface area contributed by atoms with Crippen molar-refractivity contribution in [3.63, 3.8) is 0 Å². The van der Waals surface area contributed by atoms with Crippen molar-refractivity contribution in [2.75, 3.05) is 0 Å². The Hall–Kier alpha value is -1.64. The number of ether oxygens (including phenoxy) is 1. The molecular weight excluding hydrogens is 260 g/mol. The average Bonchev–Trinajstić information content (AvgIpc) is 2.85. The first-order chi connectivity index (χ1) is 9.15. The summed E-state index contributed by atoms with van der Waals surface area (Å²) in [5.74, 6) is 0.0314. The molecule has 0 saturated heterocycles. The minimum absolute atomic E-state index is 0.0314. The summed E-state index contributed by atoms with van der Waals surface area (Å²) in [6.45, 7) is 3.13. The van der Waals surface area contributed by atoms with E-state index >= 15 is 0 Å². The molecule has 96 valence electrons. The van der Waals surface area contributed by atoms with Gasteiger partial charge in [-0.3, -0.25) is 4.79 Å². The Balaban J connectivity index is 2.00. The topological polar surface area (TPSA) is 26.3 Å². The van der Waals surface area contributed by atoms with E-state index in [9.17, 15) is 4.79 Å². The Morgan fingerprint density at radius 1 is 1.11 bits per heavy atom. The van der Waals surface area contributed by atoms with Gasteiger partial charge in [-0.05, 0) is 47.9 Å². The highest BCUT2D eigenvalue weighted by Gasteiger charge is 2.16. The number of hydrogen-bond donors (Lipinski definition) is 0. The van der Waals surface area contributed by atoms with Crippen molar-refractivity contribution in [1.82, 2.24) is 0 Å². The first-order valence-corrected chi connectivity index (χ1v) is 6.53. The summed E-state index contributed by atoms with van der Waals surface area (Å²) in [5.41, 5.74) is 4.58. The first kappa shape index (κ1) is 12.4. The van der Waals surface area contributed by atoms with Gasteiger partial charge < -0.3 is 4.74 Å². The Labute approximate surface area is 117 Å². The summed E-state index contributed by atoms with van der Waals surface area (Å²) in [6, 6.07) is 11.1. The van der Waals surface area contributed by atoms with E-state index in [1.54, 1.807) is 12.1 Å². The van der Waals surface area contributed by atoms with Crippen molar-refractivity contribution in [1.29, 1.82) is 0 Å². The molecule has 0 aliphatic carbocycles. The molecule has 0 atom stereocenters. The van der Waals surface area contributed by atoms with Gasteiger partial charge in [0.15, 0.2) is 5.78 Å². The molecule has 2 nitrogen and oxygen atoms in total. The lowest BCUT2D eigenvalue weighted by Crippen LogP contribution is -2.04. The highest BCUT2D eigenvalue weighted by atomic mass is 35.5. The molecule has 0 spiro atoms. The van der Waals surface area contributed by atoms with Crippen LogP contribution >= 0.6 is 11.6 Å². The van der Waals surface area contributed by atoms with Crippen LogP contribution in [0.2, 0.25) is 5.02 Å². The predicted molar refractivity (Wildman–Crippen MR) is 74.6 cm³/mol. The van der Waals surface area contributed by atoms with Gasteiger partial charge in [-0.25, -0.2) is 0 Å². The zero-order chi connectivity index (χ0) is 13.4. The van der Waals surface area contributed by atoms with Gasteiger partial charge in [0.05, 0.1) is 13.2 Å². The minimum Gasteiger partial charge on any atom is -0.372 e. The summed E-state index contributed by atoms with van der Waals surface area (Å²) in [5, 5.41) is 0.649. The van der Waals surface area contributed by atoms with E-state index in [1.807, 2.05) is 31.2 Å². The smallest absolute Gasteiger partial charge is 0.193 e. The monoisotopic (exact) mass is 272 g/mol. The number of carbonyl (C=O) groups excluding carboxylic acids is 1. The zero-order valence-electron chi connectivity index (χ0n) is 10.6. The lowest BCUT2D eigenvalue weighted by Gasteiger charge is -2.07. The highest BCUT2D eigenvalue weighted by Crippen LogP contribution is 2.24. The van der Waals surface area contributed by atoms with E-state index in [0.29, 0.717) is 29.4 Å². The molecule has 0 saturated carbocycles. The summed E-state index contributed by atoms with van der Waals surface area (Å²) >= 11 is 5.92. The van der Waals surface area contributed by atoms with E-state index in [4.69, 9.17) is 16.3 Å². The van der Waals surface area contributed by atoms with Crippen LogP contribution in [0, 0.1) is 6.92 Å². The van der Waals surface area contributed by atoms with Crippen LogP contribution in [0.15, 0.2) is 36.4 Å². The third-order valence-electron chi connectivity index (χ3n) is 3.42. The number of carbonyl (C=O) groups is 1. The van der Waals surface area contributed by atoms with Gasteiger partial charge in [0.25, 0.3) is 0 Å². The molecular formula is C16H13ClO2. The quantitative estimate of drug-likeness (QED) is 0.775. The van der Waals surface area contributed by atoms with Gasteiger partial charge in [0.2, 0.25) is 0 Å². The second kappa shape index (κ2) is 4.80. The maximum Gasteiger partial charge on any atom is 0.193 e. The van der Waals surface area contributed by atoms with E-state index in [0.717, 1.165) is 11.1 Å². The van der Waals surface area contributed by atoms with Crippen molar-refractivity contribution in [3.05, 3.63) is 69.2 Å². The molecule has 0 unspecified atom stereocenters. The van der Waals surface area contributed by atoms with E-state index in [1.165, 1.54) is 5.56 Å². The SMILES string of the molecule is Cc1cc(Cl)ccc1C(=O)c1ccc2c(c1)COC2. The number of aryl methyl sites for hydroxylation is 1. The van der Waals surface area contributed by atoms with E-state index in [-0.39, 0.29) is 5.78 Å². The van der Waals surface area contributed by atoms with Crippen LogP contribution in [0.3, 0.4) is 0 Å². The van der Waals surface area contributed by atoms with Crippen LogP contribution in [0.1, 0.15) is 32.6 Å². The zero-order valence-corrected chi connectivity index (χ0v) is 11.3. The normalized spacial score (nSPS) is 13.4.